The van der Waals surface area contributed by atoms with E-state index in [2.05, 4.69) is 25.0 Å². The molecule has 0 unspecified atom stereocenters. The van der Waals surface area contributed by atoms with Gasteiger partial charge in [-0.1, -0.05) is 12.1 Å². The first-order valence-electron chi connectivity index (χ1n) is 8.62. The molecule has 0 bridgehead atoms. The maximum Gasteiger partial charge on any atom is 0.229 e. The summed E-state index contributed by atoms with van der Waals surface area (Å²) in [6.07, 6.45) is 4.75. The Kier molecular flexibility index (Phi) is 5.03. The number of carbonyl (C=O) groups excluding carboxylic acids is 1. The lowest BCUT2D eigenvalue weighted by atomic mass is 10.1. The number of thiazole rings is 1. The molecule has 148 valence electrons. The third kappa shape index (κ3) is 4.61. The summed E-state index contributed by atoms with van der Waals surface area (Å²) in [4.78, 5) is 24.3. The second kappa shape index (κ2) is 7.64. The van der Waals surface area contributed by atoms with E-state index in [0.29, 0.717) is 17.1 Å². The van der Waals surface area contributed by atoms with Gasteiger partial charge < -0.3 is 10.3 Å². The van der Waals surface area contributed by atoms with Gasteiger partial charge in [0.25, 0.3) is 0 Å². The van der Waals surface area contributed by atoms with E-state index < -0.39 is 10.0 Å². The summed E-state index contributed by atoms with van der Waals surface area (Å²) in [7, 11) is -3.37. The highest BCUT2D eigenvalue weighted by Crippen LogP contribution is 2.31. The summed E-state index contributed by atoms with van der Waals surface area (Å²) in [5.74, 6) is 0.234. The van der Waals surface area contributed by atoms with Crippen LogP contribution in [0.4, 0.5) is 11.5 Å². The van der Waals surface area contributed by atoms with E-state index in [1.165, 1.54) is 11.3 Å². The van der Waals surface area contributed by atoms with Crippen LogP contribution in [0, 0.1) is 0 Å². The van der Waals surface area contributed by atoms with Gasteiger partial charge in [-0.15, -0.1) is 11.3 Å². The van der Waals surface area contributed by atoms with Gasteiger partial charge in [0.05, 0.1) is 12.7 Å². The third-order valence-electron chi connectivity index (χ3n) is 4.05. The number of sulfonamides is 1. The van der Waals surface area contributed by atoms with Gasteiger partial charge in [0.1, 0.15) is 16.5 Å². The number of H-pyrrole nitrogens is 1. The molecule has 8 nitrogen and oxygen atoms in total. The van der Waals surface area contributed by atoms with Crippen molar-refractivity contribution in [3.63, 3.8) is 0 Å². The summed E-state index contributed by atoms with van der Waals surface area (Å²) < 4.78 is 25.1. The van der Waals surface area contributed by atoms with Gasteiger partial charge in [-0.25, -0.2) is 18.4 Å². The summed E-state index contributed by atoms with van der Waals surface area (Å²) >= 11 is 1.43. The number of nitrogens with zero attached hydrogens (tertiary/aromatic N) is 2. The molecule has 1 amide bonds. The number of amides is 1. The highest BCUT2D eigenvalue weighted by molar-refractivity contribution is 7.92. The highest BCUT2D eigenvalue weighted by Gasteiger charge is 2.13. The fraction of sp³-hybridized carbons (Fsp3) is 0.105. The minimum absolute atomic E-state index is 0.100. The number of hydrogen-bond donors (Lipinski definition) is 3. The molecule has 0 aliphatic carbocycles. The molecule has 0 atom stereocenters. The summed E-state index contributed by atoms with van der Waals surface area (Å²) in [5.41, 5.74) is 2.82. The van der Waals surface area contributed by atoms with E-state index in [-0.39, 0.29) is 12.3 Å². The Hall–Kier alpha value is -3.24. The van der Waals surface area contributed by atoms with Crippen molar-refractivity contribution in [3.05, 3.63) is 59.7 Å². The minimum Gasteiger partial charge on any atom is -0.345 e. The SMILES string of the molecule is CS(=O)(=O)Nc1cccc(CC(=O)Nc2csc(-c3c[nH]c4ncccc34)n2)c1. The third-order valence-corrected chi connectivity index (χ3v) is 5.53. The number of aromatic nitrogens is 3. The molecule has 10 heteroatoms. The Morgan fingerprint density at radius 2 is 2.10 bits per heavy atom. The van der Waals surface area contributed by atoms with Crippen molar-refractivity contribution in [1.82, 2.24) is 15.0 Å². The van der Waals surface area contributed by atoms with Crippen LogP contribution in [-0.2, 0) is 21.2 Å². The van der Waals surface area contributed by atoms with E-state index in [1.54, 1.807) is 35.8 Å². The van der Waals surface area contributed by atoms with Crippen LogP contribution in [0.1, 0.15) is 5.56 Å². The fourth-order valence-electron chi connectivity index (χ4n) is 2.92. The zero-order chi connectivity index (χ0) is 20.4. The molecule has 3 N–H and O–H groups in total. The van der Waals surface area contributed by atoms with Gasteiger partial charge >= 0.3 is 0 Å². The first-order chi connectivity index (χ1) is 13.9. The molecule has 0 aliphatic rings. The molecule has 0 spiro atoms. The Labute approximate surface area is 171 Å². The van der Waals surface area contributed by atoms with Gasteiger partial charge in [0.15, 0.2) is 0 Å². The predicted octanol–water partition coefficient (Wildman–Crippen LogP) is 3.24. The van der Waals surface area contributed by atoms with Gasteiger partial charge in [0, 0.05) is 34.4 Å². The van der Waals surface area contributed by atoms with Crippen LogP contribution in [0.5, 0.6) is 0 Å². The first-order valence-corrected chi connectivity index (χ1v) is 11.4. The normalized spacial score (nSPS) is 11.5. The Balaban J connectivity index is 1.45. The molecular formula is C19H17N5O3S2. The van der Waals surface area contributed by atoms with Gasteiger partial charge in [-0.2, -0.15) is 0 Å². The topological polar surface area (TPSA) is 117 Å². The predicted molar refractivity (Wildman–Crippen MR) is 114 cm³/mol. The van der Waals surface area contributed by atoms with E-state index >= 15 is 0 Å². The van der Waals surface area contributed by atoms with Crippen LogP contribution in [-0.4, -0.2) is 35.5 Å². The number of pyridine rings is 1. The summed E-state index contributed by atoms with van der Waals surface area (Å²) in [6, 6.07) is 10.5. The lowest BCUT2D eigenvalue weighted by Crippen LogP contribution is -2.15. The average Bonchev–Trinajstić information content (AvgIpc) is 3.27. The second-order valence-corrected chi connectivity index (χ2v) is 9.05. The number of nitrogens with one attached hydrogen (secondary N) is 3. The number of aromatic amines is 1. The molecule has 4 aromatic rings. The fourth-order valence-corrected chi connectivity index (χ4v) is 4.26. The molecular weight excluding hydrogens is 410 g/mol. The van der Waals surface area contributed by atoms with E-state index in [4.69, 9.17) is 0 Å². The molecule has 0 saturated carbocycles. The number of rotatable bonds is 6. The van der Waals surface area contributed by atoms with Crippen molar-refractivity contribution in [2.45, 2.75) is 6.42 Å². The standard InChI is InChI=1S/C19H17N5O3S2/c1-29(26,27)24-13-5-2-4-12(8-13)9-17(25)22-16-11-28-19(23-16)15-10-21-18-14(15)6-3-7-20-18/h2-8,10-11,24H,9H2,1H3,(H,20,21)(H,22,25). The number of fused-ring (bicyclic) bond motifs is 1. The molecule has 4 rings (SSSR count). The van der Waals surface area contributed by atoms with Gasteiger partial charge in [-0.05, 0) is 29.8 Å². The van der Waals surface area contributed by atoms with Gasteiger partial charge in [0.2, 0.25) is 15.9 Å². The Bertz CT molecular complexity index is 1290. The Morgan fingerprint density at radius 1 is 1.24 bits per heavy atom. The first kappa shape index (κ1) is 19.1. The summed E-state index contributed by atoms with van der Waals surface area (Å²) in [5, 5.41) is 6.31. The largest absolute Gasteiger partial charge is 0.345 e. The van der Waals surface area contributed by atoms with E-state index in [0.717, 1.165) is 27.9 Å². The minimum atomic E-state index is -3.37. The molecule has 0 fully saturated rings. The maximum absolute atomic E-state index is 12.4. The number of benzene rings is 1. The van der Waals surface area contributed by atoms with Crippen LogP contribution in [0.3, 0.4) is 0 Å². The van der Waals surface area contributed by atoms with Crippen molar-refractivity contribution in [1.29, 1.82) is 0 Å². The molecule has 3 heterocycles. The number of carbonyl (C=O) groups is 1. The van der Waals surface area contributed by atoms with Crippen molar-refractivity contribution in [2.75, 3.05) is 16.3 Å². The van der Waals surface area contributed by atoms with Crippen LogP contribution in [0.25, 0.3) is 21.6 Å². The van der Waals surface area contributed by atoms with Crippen LogP contribution < -0.4 is 10.0 Å². The van der Waals surface area contributed by atoms with Crippen LogP contribution in [0.2, 0.25) is 0 Å². The van der Waals surface area contributed by atoms with Crippen molar-refractivity contribution in [3.8, 4) is 10.6 Å². The van der Waals surface area contributed by atoms with Gasteiger partial charge in [-0.3, -0.25) is 9.52 Å². The molecule has 3 aromatic heterocycles. The lowest BCUT2D eigenvalue weighted by molar-refractivity contribution is -0.115. The Morgan fingerprint density at radius 3 is 2.93 bits per heavy atom. The molecule has 0 saturated heterocycles. The molecule has 0 radical (unpaired) electrons. The second-order valence-electron chi connectivity index (χ2n) is 6.44. The highest BCUT2D eigenvalue weighted by atomic mass is 32.2. The quantitative estimate of drug-likeness (QED) is 0.437. The summed E-state index contributed by atoms with van der Waals surface area (Å²) in [6.45, 7) is 0. The van der Waals surface area contributed by atoms with E-state index in [9.17, 15) is 13.2 Å². The van der Waals surface area contributed by atoms with Crippen LogP contribution in [0.15, 0.2) is 54.2 Å². The van der Waals surface area contributed by atoms with Crippen molar-refractivity contribution < 1.29 is 13.2 Å². The monoisotopic (exact) mass is 427 g/mol. The number of anilines is 2. The average molecular weight is 428 g/mol. The lowest BCUT2D eigenvalue weighted by Gasteiger charge is -2.06. The van der Waals surface area contributed by atoms with Crippen molar-refractivity contribution in [2.24, 2.45) is 0 Å². The smallest absolute Gasteiger partial charge is 0.229 e. The zero-order valence-electron chi connectivity index (χ0n) is 15.3. The zero-order valence-corrected chi connectivity index (χ0v) is 17.0. The van der Waals surface area contributed by atoms with Crippen molar-refractivity contribution >= 4 is 49.8 Å². The van der Waals surface area contributed by atoms with Crippen LogP contribution >= 0.6 is 11.3 Å². The van der Waals surface area contributed by atoms with E-state index in [1.807, 2.05) is 18.3 Å². The molecule has 0 aliphatic heterocycles. The number of hydrogen-bond acceptors (Lipinski definition) is 6. The maximum atomic E-state index is 12.4. The molecule has 29 heavy (non-hydrogen) atoms. The molecule has 1 aromatic carbocycles.